The molecule has 1 amide bonds. The largest absolute Gasteiger partial charge is 0.483 e. The summed E-state index contributed by atoms with van der Waals surface area (Å²) in [7, 11) is 0. The number of halogens is 1. The van der Waals surface area contributed by atoms with Crippen molar-refractivity contribution in [2.75, 3.05) is 11.9 Å². The fourth-order valence-electron chi connectivity index (χ4n) is 4.70. The van der Waals surface area contributed by atoms with Crippen molar-refractivity contribution in [1.82, 2.24) is 4.57 Å². The molecule has 1 aliphatic heterocycles. The summed E-state index contributed by atoms with van der Waals surface area (Å²) in [5.74, 6) is -0.431. The van der Waals surface area contributed by atoms with Gasteiger partial charge in [0.1, 0.15) is 11.8 Å². The zero-order valence-corrected chi connectivity index (χ0v) is 25.7. The minimum absolute atomic E-state index is 0.215. The number of benzene rings is 3. The van der Waals surface area contributed by atoms with E-state index in [2.05, 4.69) is 10.3 Å². The third-order valence-corrected chi connectivity index (χ3v) is 8.01. The first-order chi connectivity index (χ1) is 20.6. The maximum atomic E-state index is 14.0. The number of nitrogens with one attached hydrogen (secondary N) is 1. The highest BCUT2D eigenvalue weighted by molar-refractivity contribution is 7.07. The van der Waals surface area contributed by atoms with Gasteiger partial charge in [-0.25, -0.2) is 9.79 Å². The lowest BCUT2D eigenvalue weighted by Crippen LogP contribution is -2.40. The maximum absolute atomic E-state index is 14.0. The van der Waals surface area contributed by atoms with Crippen molar-refractivity contribution in [2.45, 2.75) is 39.8 Å². The van der Waals surface area contributed by atoms with E-state index in [1.807, 2.05) is 37.3 Å². The Balaban J connectivity index is 1.51. The molecule has 0 aliphatic carbocycles. The topological polar surface area (TPSA) is 99.0 Å². The molecule has 0 bridgehead atoms. The van der Waals surface area contributed by atoms with Crippen LogP contribution in [0.3, 0.4) is 0 Å². The summed E-state index contributed by atoms with van der Waals surface area (Å²) in [6.07, 6.45) is 1.34. The molecule has 0 fully saturated rings. The minimum Gasteiger partial charge on any atom is -0.483 e. The zero-order chi connectivity index (χ0) is 30.7. The van der Waals surface area contributed by atoms with Crippen molar-refractivity contribution in [1.29, 1.82) is 0 Å². The van der Waals surface area contributed by atoms with Gasteiger partial charge in [0, 0.05) is 16.3 Å². The fraction of sp³-hybridized carbons (Fsp3) is 0.212. The molecule has 220 valence electrons. The van der Waals surface area contributed by atoms with E-state index in [0.29, 0.717) is 42.6 Å². The van der Waals surface area contributed by atoms with Crippen LogP contribution in [-0.2, 0) is 14.3 Å². The SMILES string of the molecule is CC1=C(C(=O)OC(C)C)C(c2ccccc2Cl)n2c(sc(=Cc3ccccc3OCC(=O)Nc3ccc(C)cc3)c2=O)=N1. The number of amides is 1. The Morgan fingerprint density at radius 3 is 2.47 bits per heavy atom. The lowest BCUT2D eigenvalue weighted by atomic mass is 9.96. The summed E-state index contributed by atoms with van der Waals surface area (Å²) in [4.78, 5) is 44.9. The van der Waals surface area contributed by atoms with Crippen LogP contribution < -0.4 is 24.9 Å². The van der Waals surface area contributed by atoms with Gasteiger partial charge in [-0.3, -0.25) is 14.2 Å². The number of carbonyl (C=O) groups is 2. The number of hydrogen-bond donors (Lipinski definition) is 1. The summed E-state index contributed by atoms with van der Waals surface area (Å²) in [6.45, 7) is 7.01. The van der Waals surface area contributed by atoms with Gasteiger partial charge in [-0.2, -0.15) is 0 Å². The summed E-state index contributed by atoms with van der Waals surface area (Å²) < 4.78 is 13.3. The first-order valence-corrected chi connectivity index (χ1v) is 14.9. The number of thiazole rings is 1. The van der Waals surface area contributed by atoms with Gasteiger partial charge in [0.2, 0.25) is 0 Å². The van der Waals surface area contributed by atoms with Crippen LogP contribution in [0.1, 0.15) is 43.5 Å². The molecule has 10 heteroatoms. The van der Waals surface area contributed by atoms with E-state index in [1.54, 1.807) is 69.3 Å². The number of esters is 1. The molecule has 0 radical (unpaired) electrons. The normalized spacial score (nSPS) is 14.7. The van der Waals surface area contributed by atoms with Crippen LogP contribution in [0.2, 0.25) is 5.02 Å². The monoisotopic (exact) mass is 615 g/mol. The Bertz CT molecular complexity index is 1910. The Kier molecular flexibility index (Phi) is 8.94. The molecule has 0 spiro atoms. The number of ether oxygens (including phenoxy) is 2. The highest BCUT2D eigenvalue weighted by atomic mass is 35.5. The molecule has 1 unspecified atom stereocenters. The Labute approximate surface area is 257 Å². The standard InChI is InChI=1S/C33H30ClN3O5S/c1-19(2)42-32(40)29-21(4)35-33-37(30(29)24-10-6-7-11-25(24)34)31(39)27(43-33)17-22-9-5-8-12-26(22)41-18-28(38)36-23-15-13-20(3)14-16-23/h5-17,19,30H,18H2,1-4H3,(H,36,38). The first kappa shape index (κ1) is 30.0. The molecule has 3 aromatic carbocycles. The third-order valence-electron chi connectivity index (χ3n) is 6.68. The van der Waals surface area contributed by atoms with Crippen LogP contribution in [0.5, 0.6) is 5.75 Å². The van der Waals surface area contributed by atoms with Gasteiger partial charge in [-0.1, -0.05) is 77.0 Å². The number of carbonyl (C=O) groups excluding carboxylic acids is 2. The number of aromatic nitrogens is 1. The molecule has 1 N–H and O–H groups in total. The van der Waals surface area contributed by atoms with Crippen LogP contribution in [0.4, 0.5) is 5.69 Å². The van der Waals surface area contributed by atoms with Crippen LogP contribution in [-0.4, -0.2) is 29.2 Å². The summed E-state index contributed by atoms with van der Waals surface area (Å²) in [5.41, 5.74) is 3.33. The van der Waals surface area contributed by atoms with Crippen molar-refractivity contribution >= 4 is 46.6 Å². The lowest BCUT2D eigenvalue weighted by Gasteiger charge is -2.26. The Morgan fingerprint density at radius 2 is 1.74 bits per heavy atom. The molecule has 1 atom stereocenters. The van der Waals surface area contributed by atoms with Crippen molar-refractivity contribution in [3.05, 3.63) is 125 Å². The van der Waals surface area contributed by atoms with Gasteiger partial charge in [0.05, 0.1) is 21.9 Å². The zero-order valence-electron chi connectivity index (χ0n) is 24.1. The number of rotatable bonds is 8. The predicted molar refractivity (Wildman–Crippen MR) is 168 cm³/mol. The first-order valence-electron chi connectivity index (χ1n) is 13.7. The van der Waals surface area contributed by atoms with E-state index >= 15 is 0 Å². The molecular weight excluding hydrogens is 586 g/mol. The third kappa shape index (κ3) is 6.63. The fourth-order valence-corrected chi connectivity index (χ4v) is 5.98. The van der Waals surface area contributed by atoms with Gasteiger partial charge >= 0.3 is 5.97 Å². The maximum Gasteiger partial charge on any atom is 0.338 e. The van der Waals surface area contributed by atoms with Crippen LogP contribution >= 0.6 is 22.9 Å². The number of hydrogen-bond acceptors (Lipinski definition) is 7. The molecule has 0 saturated carbocycles. The van der Waals surface area contributed by atoms with Crippen molar-refractivity contribution < 1.29 is 19.1 Å². The average Bonchev–Trinajstić information content (AvgIpc) is 3.27. The number of para-hydroxylation sites is 1. The van der Waals surface area contributed by atoms with E-state index in [-0.39, 0.29) is 29.8 Å². The molecule has 2 heterocycles. The second-order valence-corrected chi connectivity index (χ2v) is 11.7. The van der Waals surface area contributed by atoms with Crippen molar-refractivity contribution in [3.8, 4) is 5.75 Å². The molecule has 4 aromatic rings. The molecule has 5 rings (SSSR count). The smallest absolute Gasteiger partial charge is 0.338 e. The highest BCUT2D eigenvalue weighted by Gasteiger charge is 2.34. The van der Waals surface area contributed by atoms with E-state index in [1.165, 1.54) is 15.9 Å². The van der Waals surface area contributed by atoms with Crippen molar-refractivity contribution in [3.63, 3.8) is 0 Å². The van der Waals surface area contributed by atoms with Gasteiger partial charge in [-0.05, 0) is 63.6 Å². The quantitative estimate of drug-likeness (QED) is 0.276. The molecule has 43 heavy (non-hydrogen) atoms. The van der Waals surface area contributed by atoms with E-state index < -0.39 is 12.0 Å². The number of aryl methyl sites for hydroxylation is 1. The number of anilines is 1. The number of fused-ring (bicyclic) bond motifs is 1. The minimum atomic E-state index is -0.824. The molecular formula is C33H30ClN3O5S. The molecule has 8 nitrogen and oxygen atoms in total. The van der Waals surface area contributed by atoms with Crippen LogP contribution in [0.15, 0.2) is 93.9 Å². The molecule has 1 aliphatic rings. The van der Waals surface area contributed by atoms with E-state index in [0.717, 1.165) is 5.56 Å². The summed E-state index contributed by atoms with van der Waals surface area (Å²) >= 11 is 7.79. The average molecular weight is 616 g/mol. The van der Waals surface area contributed by atoms with Gasteiger partial charge in [-0.15, -0.1) is 0 Å². The van der Waals surface area contributed by atoms with Gasteiger partial charge in [0.25, 0.3) is 11.5 Å². The van der Waals surface area contributed by atoms with Crippen molar-refractivity contribution in [2.24, 2.45) is 4.99 Å². The molecule has 1 aromatic heterocycles. The van der Waals surface area contributed by atoms with Gasteiger partial charge < -0.3 is 14.8 Å². The van der Waals surface area contributed by atoms with Gasteiger partial charge in [0.15, 0.2) is 11.4 Å². The van der Waals surface area contributed by atoms with Crippen LogP contribution in [0.25, 0.3) is 6.08 Å². The highest BCUT2D eigenvalue weighted by Crippen LogP contribution is 2.34. The van der Waals surface area contributed by atoms with E-state index in [9.17, 15) is 14.4 Å². The Hall–Kier alpha value is -4.47. The predicted octanol–water partition coefficient (Wildman–Crippen LogP) is 5.17. The second-order valence-electron chi connectivity index (χ2n) is 10.3. The number of allylic oxidation sites excluding steroid dienone is 1. The summed E-state index contributed by atoms with van der Waals surface area (Å²) in [5, 5.41) is 3.22. The van der Waals surface area contributed by atoms with E-state index in [4.69, 9.17) is 21.1 Å². The number of nitrogens with zero attached hydrogens (tertiary/aromatic N) is 2. The Morgan fingerprint density at radius 1 is 1.05 bits per heavy atom. The summed E-state index contributed by atoms with van der Waals surface area (Å²) in [6, 6.07) is 20.9. The lowest BCUT2D eigenvalue weighted by molar-refractivity contribution is -0.143. The molecule has 0 saturated heterocycles. The van der Waals surface area contributed by atoms with Crippen LogP contribution in [0, 0.1) is 6.92 Å². The second kappa shape index (κ2) is 12.8.